The summed E-state index contributed by atoms with van der Waals surface area (Å²) in [6.45, 7) is 4.59. The highest BCUT2D eigenvalue weighted by Crippen LogP contribution is 2.80. The van der Waals surface area contributed by atoms with Crippen molar-refractivity contribution in [2.45, 2.75) is 13.8 Å². The van der Waals surface area contributed by atoms with Crippen molar-refractivity contribution in [3.63, 3.8) is 0 Å². The maximum absolute atomic E-state index is 2.47. The van der Waals surface area contributed by atoms with Crippen LogP contribution in [0.2, 0.25) is 0 Å². The Labute approximate surface area is 189 Å². The summed E-state index contributed by atoms with van der Waals surface area (Å²) >= 11 is 4.30. The normalized spacial score (nSPS) is 15.5. The van der Waals surface area contributed by atoms with Crippen molar-refractivity contribution in [2.24, 2.45) is 0 Å². The zero-order valence-electron chi connectivity index (χ0n) is 17.5. The molecule has 4 rings (SSSR count). The molecule has 1 aliphatic heterocycles. The molecule has 0 saturated carbocycles. The quantitative estimate of drug-likeness (QED) is 0.333. The molecule has 0 unspecified atom stereocenters. The van der Waals surface area contributed by atoms with Gasteiger partial charge in [-0.05, 0) is 45.9 Å². The molecule has 0 bridgehead atoms. The van der Waals surface area contributed by atoms with E-state index < -0.39 is 5.29 Å². The standard InChI is InChI=1S/C27H27PS2/c1-3-29-28(30-4-2)26(23-16-10-6-11-17-23)20-25(22-14-8-5-9-15-22)21-27(28)24-18-12-7-13-19-24/h5-21H,3-4H2,1-2H3. The van der Waals surface area contributed by atoms with Crippen molar-refractivity contribution in [1.82, 2.24) is 0 Å². The summed E-state index contributed by atoms with van der Waals surface area (Å²) in [6, 6.07) is 32.8. The van der Waals surface area contributed by atoms with Crippen LogP contribution >= 0.6 is 28.1 Å². The highest BCUT2D eigenvalue weighted by Gasteiger charge is 2.32. The molecular formula is C27H27PS2. The van der Waals surface area contributed by atoms with E-state index in [1.807, 2.05) is 0 Å². The lowest BCUT2D eigenvalue weighted by Crippen LogP contribution is -2.06. The summed E-state index contributed by atoms with van der Waals surface area (Å²) in [4.78, 5) is 0. The van der Waals surface area contributed by atoms with Gasteiger partial charge in [-0.15, -0.1) is 22.8 Å². The molecule has 3 heteroatoms. The molecule has 0 aliphatic carbocycles. The van der Waals surface area contributed by atoms with Crippen LogP contribution in [0.1, 0.15) is 30.5 Å². The SMILES string of the molecule is CCSP1(SCC)=C(c2ccccc2)C=C(c2ccccc2)C=C1c1ccccc1. The third-order valence-corrected chi connectivity index (χ3v) is 16.4. The molecule has 30 heavy (non-hydrogen) atoms. The summed E-state index contributed by atoms with van der Waals surface area (Å²) < 4.78 is 0. The van der Waals surface area contributed by atoms with E-state index in [9.17, 15) is 0 Å². The summed E-state index contributed by atoms with van der Waals surface area (Å²) in [7, 11) is 0. The van der Waals surface area contributed by atoms with E-state index in [4.69, 9.17) is 0 Å². The molecule has 3 aromatic rings. The number of rotatable bonds is 7. The van der Waals surface area contributed by atoms with Gasteiger partial charge in [-0.2, -0.15) is 0 Å². The third-order valence-electron chi connectivity index (χ3n) is 5.09. The molecule has 0 fully saturated rings. The average molecular weight is 447 g/mol. The van der Waals surface area contributed by atoms with Crippen molar-refractivity contribution in [3.05, 3.63) is 120 Å². The van der Waals surface area contributed by atoms with Gasteiger partial charge in [0.2, 0.25) is 0 Å². The van der Waals surface area contributed by atoms with Crippen molar-refractivity contribution in [3.8, 4) is 0 Å². The van der Waals surface area contributed by atoms with Crippen LogP contribution in [-0.4, -0.2) is 16.8 Å². The van der Waals surface area contributed by atoms with E-state index in [0.29, 0.717) is 0 Å². The van der Waals surface area contributed by atoms with E-state index in [0.717, 1.165) is 11.5 Å². The number of hydrogen-bond donors (Lipinski definition) is 0. The molecular weight excluding hydrogens is 419 g/mol. The topological polar surface area (TPSA) is 0 Å². The van der Waals surface area contributed by atoms with Gasteiger partial charge in [-0.25, -0.2) is 0 Å². The minimum atomic E-state index is -1.68. The molecule has 3 aromatic carbocycles. The van der Waals surface area contributed by atoms with Crippen LogP contribution in [-0.2, 0) is 0 Å². The molecule has 0 aromatic heterocycles. The Hall–Kier alpha value is -1.86. The average Bonchev–Trinajstić information content (AvgIpc) is 2.81. The van der Waals surface area contributed by atoms with Gasteiger partial charge in [-0.3, -0.25) is 0 Å². The lowest BCUT2D eigenvalue weighted by atomic mass is 10.0. The van der Waals surface area contributed by atoms with Crippen LogP contribution in [0.4, 0.5) is 0 Å². The largest absolute Gasteiger partial charge is 0.120 e. The monoisotopic (exact) mass is 446 g/mol. The zero-order chi connectivity index (χ0) is 20.8. The molecule has 1 heterocycles. The van der Waals surface area contributed by atoms with Gasteiger partial charge in [0.1, 0.15) is 0 Å². The van der Waals surface area contributed by atoms with Crippen LogP contribution in [0.15, 0.2) is 103 Å². The fourth-order valence-corrected chi connectivity index (χ4v) is 15.6. The predicted octanol–water partition coefficient (Wildman–Crippen LogP) is 8.70. The zero-order valence-corrected chi connectivity index (χ0v) is 20.0. The van der Waals surface area contributed by atoms with Gasteiger partial charge in [0.05, 0.1) is 0 Å². The molecule has 1 aliphatic rings. The van der Waals surface area contributed by atoms with E-state index in [1.165, 1.54) is 32.9 Å². The van der Waals surface area contributed by atoms with E-state index in [1.54, 1.807) is 0 Å². The molecule has 0 radical (unpaired) electrons. The fraction of sp³-hybridized carbons (Fsp3) is 0.148. The van der Waals surface area contributed by atoms with E-state index in [-0.39, 0.29) is 0 Å². The third kappa shape index (κ3) is 4.28. The van der Waals surface area contributed by atoms with Crippen LogP contribution in [0.5, 0.6) is 0 Å². The van der Waals surface area contributed by atoms with Crippen molar-refractivity contribution < 1.29 is 0 Å². The van der Waals surface area contributed by atoms with E-state index in [2.05, 4.69) is 140 Å². The molecule has 0 amide bonds. The Morgan fingerprint density at radius 3 is 1.53 bits per heavy atom. The van der Waals surface area contributed by atoms with Crippen molar-refractivity contribution >= 4 is 44.2 Å². The second-order valence-corrected chi connectivity index (χ2v) is 16.3. The van der Waals surface area contributed by atoms with Gasteiger partial charge >= 0.3 is 0 Å². The number of allylic oxidation sites excluding steroid dienone is 3. The second kappa shape index (κ2) is 9.96. The van der Waals surface area contributed by atoms with Crippen LogP contribution in [0.25, 0.3) is 10.9 Å². The summed E-state index contributed by atoms with van der Waals surface area (Å²) in [5.41, 5.74) is 5.28. The molecule has 0 N–H and O–H groups in total. The lowest BCUT2D eigenvalue weighted by molar-refractivity contribution is 1.54. The minimum Gasteiger partial charge on any atom is -0.120 e. The molecule has 0 nitrogen and oxygen atoms in total. The predicted molar refractivity (Wildman–Crippen MR) is 143 cm³/mol. The first-order valence-corrected chi connectivity index (χ1v) is 15.4. The van der Waals surface area contributed by atoms with Gasteiger partial charge in [0.25, 0.3) is 0 Å². The summed E-state index contributed by atoms with van der Waals surface area (Å²) in [5, 5.41) is 1.33. The summed E-state index contributed by atoms with van der Waals surface area (Å²) in [6.07, 6.45) is 4.94. The molecule has 0 spiro atoms. The highest BCUT2D eigenvalue weighted by molar-refractivity contribution is 8.96. The maximum atomic E-state index is 2.47. The smallest absolute Gasteiger partial charge is 0.0326 e. The van der Waals surface area contributed by atoms with Crippen LogP contribution in [0, 0.1) is 0 Å². The summed E-state index contributed by atoms with van der Waals surface area (Å²) in [5.74, 6) is 2.21. The van der Waals surface area contributed by atoms with E-state index >= 15 is 0 Å². The Morgan fingerprint density at radius 1 is 0.567 bits per heavy atom. The van der Waals surface area contributed by atoms with Gasteiger partial charge < -0.3 is 0 Å². The van der Waals surface area contributed by atoms with Crippen molar-refractivity contribution in [1.29, 1.82) is 0 Å². The Kier molecular flexibility index (Phi) is 7.10. The maximum Gasteiger partial charge on any atom is 0.0326 e. The Bertz CT molecular complexity index is 1080. The number of hydrogen-bond acceptors (Lipinski definition) is 2. The first-order chi connectivity index (χ1) is 14.8. The Balaban J connectivity index is 2.08. The molecule has 0 saturated heterocycles. The van der Waals surface area contributed by atoms with Gasteiger partial charge in [0, 0.05) is 15.9 Å². The van der Waals surface area contributed by atoms with Crippen molar-refractivity contribution in [2.75, 3.05) is 11.5 Å². The minimum absolute atomic E-state index is 1.11. The Morgan fingerprint density at radius 2 is 1.03 bits per heavy atom. The molecule has 152 valence electrons. The van der Waals surface area contributed by atoms with Crippen LogP contribution in [0.3, 0.4) is 0 Å². The number of benzene rings is 3. The lowest BCUT2D eigenvalue weighted by Gasteiger charge is -2.34. The first-order valence-electron chi connectivity index (χ1n) is 10.4. The van der Waals surface area contributed by atoms with Gasteiger partial charge in [0.15, 0.2) is 0 Å². The second-order valence-electron chi connectivity index (χ2n) is 7.00. The molecule has 0 atom stereocenters. The van der Waals surface area contributed by atoms with Gasteiger partial charge in [-0.1, -0.05) is 105 Å². The first kappa shape index (κ1) is 21.4. The fourth-order valence-electron chi connectivity index (χ4n) is 3.84. The van der Waals surface area contributed by atoms with Crippen LogP contribution < -0.4 is 0 Å². The highest BCUT2D eigenvalue weighted by atomic mass is 33.1.